The maximum Gasteiger partial charge on any atom is 0.341 e. The zero-order valence-electron chi connectivity index (χ0n) is 11.1. The molecule has 0 aliphatic heterocycles. The lowest BCUT2D eigenvalue weighted by Crippen LogP contribution is -2.18. The van der Waals surface area contributed by atoms with E-state index < -0.39 is 17.2 Å². The lowest BCUT2D eigenvalue weighted by Gasteiger charge is -2.12. The molecule has 2 aromatic carbocycles. The smallest absolute Gasteiger partial charge is 0.341 e. The van der Waals surface area contributed by atoms with Gasteiger partial charge in [-0.1, -0.05) is 11.6 Å². The number of halogens is 2. The van der Waals surface area contributed by atoms with E-state index >= 15 is 0 Å². The first-order chi connectivity index (χ1) is 10.5. The average molecular weight is 318 g/mol. The van der Waals surface area contributed by atoms with E-state index in [1.165, 1.54) is 47.2 Å². The molecule has 0 aliphatic rings. The van der Waals surface area contributed by atoms with E-state index in [1.807, 2.05) is 0 Å². The average Bonchev–Trinajstić information content (AvgIpc) is 2.48. The summed E-state index contributed by atoms with van der Waals surface area (Å²) in [5.74, 6) is -1.73. The van der Waals surface area contributed by atoms with Crippen molar-refractivity contribution in [3.05, 3.63) is 75.3 Å². The third-order valence-corrected chi connectivity index (χ3v) is 3.54. The van der Waals surface area contributed by atoms with Crippen molar-refractivity contribution in [1.82, 2.24) is 4.57 Å². The van der Waals surface area contributed by atoms with Crippen molar-refractivity contribution >= 4 is 28.5 Å². The van der Waals surface area contributed by atoms with Crippen LogP contribution in [0.2, 0.25) is 5.02 Å². The number of pyridine rings is 1. The van der Waals surface area contributed by atoms with Crippen LogP contribution in [0.3, 0.4) is 0 Å². The minimum atomic E-state index is -1.32. The summed E-state index contributed by atoms with van der Waals surface area (Å²) in [5.41, 5.74) is 0.0296. The molecule has 0 unspecified atom stereocenters. The number of fused-ring (bicyclic) bond motifs is 1. The summed E-state index contributed by atoms with van der Waals surface area (Å²) in [6.07, 6.45) is 1.22. The second kappa shape index (κ2) is 5.27. The van der Waals surface area contributed by atoms with Gasteiger partial charge in [0, 0.05) is 22.3 Å². The van der Waals surface area contributed by atoms with Gasteiger partial charge < -0.3 is 9.67 Å². The molecule has 0 fully saturated rings. The fourth-order valence-electron chi connectivity index (χ4n) is 2.27. The van der Waals surface area contributed by atoms with E-state index in [2.05, 4.69) is 0 Å². The highest BCUT2D eigenvalue weighted by molar-refractivity contribution is 6.31. The molecule has 0 bridgehead atoms. The first-order valence-electron chi connectivity index (χ1n) is 6.31. The number of carboxylic acids is 1. The summed E-state index contributed by atoms with van der Waals surface area (Å²) >= 11 is 5.97. The number of rotatable bonds is 2. The molecule has 6 heteroatoms. The number of hydrogen-bond acceptors (Lipinski definition) is 2. The second-order valence-electron chi connectivity index (χ2n) is 4.68. The van der Waals surface area contributed by atoms with Crippen LogP contribution >= 0.6 is 11.6 Å². The van der Waals surface area contributed by atoms with Crippen LogP contribution in [0, 0.1) is 5.82 Å². The van der Waals surface area contributed by atoms with Crippen molar-refractivity contribution in [2.45, 2.75) is 0 Å². The maximum atomic E-state index is 13.1. The number of aromatic carboxylic acids is 1. The van der Waals surface area contributed by atoms with Crippen molar-refractivity contribution < 1.29 is 14.3 Å². The lowest BCUT2D eigenvalue weighted by molar-refractivity contribution is 0.0695. The molecular formula is C16H9ClFNO3. The standard InChI is InChI=1S/C16H9ClFNO3/c17-9-1-6-12-14(7-9)19(8-13(15(12)20)16(21)22)11-4-2-10(18)3-5-11/h1-8H,(H,21,22). The Labute approximate surface area is 129 Å². The SMILES string of the molecule is O=C(O)c1cn(-c2ccc(F)cc2)c2cc(Cl)ccc2c1=O. The van der Waals surface area contributed by atoms with E-state index in [0.29, 0.717) is 16.2 Å². The molecule has 0 radical (unpaired) electrons. The highest BCUT2D eigenvalue weighted by Gasteiger charge is 2.15. The van der Waals surface area contributed by atoms with E-state index in [9.17, 15) is 19.1 Å². The number of nitrogens with zero attached hydrogens (tertiary/aromatic N) is 1. The van der Waals surface area contributed by atoms with Gasteiger partial charge in [-0.3, -0.25) is 4.79 Å². The van der Waals surface area contributed by atoms with Gasteiger partial charge in [-0.05, 0) is 42.5 Å². The molecule has 0 atom stereocenters. The van der Waals surface area contributed by atoms with Crippen LogP contribution in [0.4, 0.5) is 4.39 Å². The summed E-state index contributed by atoms with van der Waals surface area (Å²) in [4.78, 5) is 23.5. The molecule has 0 aliphatic carbocycles. The molecule has 3 aromatic rings. The van der Waals surface area contributed by atoms with Gasteiger partial charge in [0.2, 0.25) is 5.43 Å². The van der Waals surface area contributed by atoms with Crippen molar-refractivity contribution in [3.8, 4) is 5.69 Å². The molecule has 0 saturated carbocycles. The molecule has 1 aromatic heterocycles. The van der Waals surface area contributed by atoms with Crippen molar-refractivity contribution in [2.75, 3.05) is 0 Å². The van der Waals surface area contributed by atoms with E-state index in [-0.39, 0.29) is 10.9 Å². The highest BCUT2D eigenvalue weighted by Crippen LogP contribution is 2.21. The molecule has 22 heavy (non-hydrogen) atoms. The van der Waals surface area contributed by atoms with Gasteiger partial charge in [-0.25, -0.2) is 9.18 Å². The Morgan fingerprint density at radius 3 is 2.45 bits per heavy atom. The third kappa shape index (κ3) is 2.35. The van der Waals surface area contributed by atoms with Crippen LogP contribution in [-0.2, 0) is 0 Å². The van der Waals surface area contributed by atoms with Crippen LogP contribution in [0.1, 0.15) is 10.4 Å². The fraction of sp³-hybridized carbons (Fsp3) is 0. The van der Waals surface area contributed by atoms with E-state index in [4.69, 9.17) is 11.6 Å². The number of aromatic nitrogens is 1. The Morgan fingerprint density at radius 2 is 1.82 bits per heavy atom. The summed E-state index contributed by atoms with van der Waals surface area (Å²) in [7, 11) is 0. The summed E-state index contributed by atoms with van der Waals surface area (Å²) in [6, 6.07) is 10.1. The van der Waals surface area contributed by atoms with Crippen LogP contribution in [-0.4, -0.2) is 15.6 Å². The van der Waals surface area contributed by atoms with E-state index in [1.54, 1.807) is 6.07 Å². The van der Waals surface area contributed by atoms with Gasteiger partial charge >= 0.3 is 5.97 Å². The predicted octanol–water partition coefficient (Wildman–Crippen LogP) is 3.48. The molecule has 0 saturated heterocycles. The first kappa shape index (κ1) is 14.3. The fourth-order valence-corrected chi connectivity index (χ4v) is 2.43. The van der Waals surface area contributed by atoms with Gasteiger partial charge in [-0.15, -0.1) is 0 Å². The molecular weight excluding hydrogens is 309 g/mol. The molecule has 110 valence electrons. The second-order valence-corrected chi connectivity index (χ2v) is 5.12. The van der Waals surface area contributed by atoms with Crippen molar-refractivity contribution in [1.29, 1.82) is 0 Å². The van der Waals surface area contributed by atoms with Crippen LogP contribution < -0.4 is 5.43 Å². The molecule has 0 spiro atoms. The Balaban J connectivity index is 2.43. The lowest BCUT2D eigenvalue weighted by atomic mass is 10.1. The van der Waals surface area contributed by atoms with Crippen LogP contribution in [0.5, 0.6) is 0 Å². The number of carbonyl (C=O) groups is 1. The van der Waals surface area contributed by atoms with Gasteiger partial charge in [0.25, 0.3) is 0 Å². The minimum absolute atomic E-state index is 0.230. The Bertz CT molecular complexity index is 948. The van der Waals surface area contributed by atoms with Gasteiger partial charge in [0.15, 0.2) is 0 Å². The van der Waals surface area contributed by atoms with Gasteiger partial charge in [0.05, 0.1) is 5.52 Å². The van der Waals surface area contributed by atoms with Crippen LogP contribution in [0.25, 0.3) is 16.6 Å². The molecule has 3 rings (SSSR count). The zero-order chi connectivity index (χ0) is 15.9. The quantitative estimate of drug-likeness (QED) is 0.787. The van der Waals surface area contributed by atoms with Gasteiger partial charge in [-0.2, -0.15) is 0 Å². The van der Waals surface area contributed by atoms with Gasteiger partial charge in [0.1, 0.15) is 11.4 Å². The molecule has 4 nitrogen and oxygen atoms in total. The predicted molar refractivity (Wildman–Crippen MR) is 81.5 cm³/mol. The summed E-state index contributed by atoms with van der Waals surface area (Å²) in [6.45, 7) is 0. The first-order valence-corrected chi connectivity index (χ1v) is 6.69. The Hall–Kier alpha value is -2.66. The largest absolute Gasteiger partial charge is 0.477 e. The zero-order valence-corrected chi connectivity index (χ0v) is 11.8. The normalized spacial score (nSPS) is 10.8. The molecule has 1 heterocycles. The summed E-state index contributed by atoms with van der Waals surface area (Å²) in [5, 5.41) is 9.83. The Morgan fingerprint density at radius 1 is 1.14 bits per heavy atom. The monoisotopic (exact) mass is 317 g/mol. The number of benzene rings is 2. The number of hydrogen-bond donors (Lipinski definition) is 1. The van der Waals surface area contributed by atoms with Crippen LogP contribution in [0.15, 0.2) is 53.5 Å². The van der Waals surface area contributed by atoms with Crippen molar-refractivity contribution in [2.24, 2.45) is 0 Å². The maximum absolute atomic E-state index is 13.1. The van der Waals surface area contributed by atoms with E-state index in [0.717, 1.165) is 0 Å². The van der Waals surface area contributed by atoms with Crippen molar-refractivity contribution in [3.63, 3.8) is 0 Å². The molecule has 0 amide bonds. The number of carboxylic acid groups (broad SMARTS) is 1. The third-order valence-electron chi connectivity index (χ3n) is 3.30. The topological polar surface area (TPSA) is 59.3 Å². The summed E-state index contributed by atoms with van der Waals surface area (Å²) < 4.78 is 14.6. The molecule has 1 N–H and O–H groups in total. The highest BCUT2D eigenvalue weighted by atomic mass is 35.5. The Kier molecular flexibility index (Phi) is 3.42. The minimum Gasteiger partial charge on any atom is -0.477 e.